The number of hydrogen-bond acceptors (Lipinski definition) is 8. The largest absolute Gasteiger partial charge is 0.466 e. The number of aromatic nitrogens is 1. The summed E-state index contributed by atoms with van der Waals surface area (Å²) in [5, 5.41) is 25.0. The van der Waals surface area contributed by atoms with Gasteiger partial charge in [0, 0.05) is 23.9 Å². The van der Waals surface area contributed by atoms with Crippen molar-refractivity contribution < 1.29 is 29.1 Å². The van der Waals surface area contributed by atoms with Crippen molar-refractivity contribution in [1.29, 1.82) is 0 Å². The van der Waals surface area contributed by atoms with Gasteiger partial charge in [0.15, 0.2) is 5.76 Å². The first-order valence-corrected chi connectivity index (χ1v) is 8.23. The minimum Gasteiger partial charge on any atom is -0.466 e. The lowest BCUT2D eigenvalue weighted by Crippen LogP contribution is -2.31. The molecule has 0 unspecified atom stereocenters. The highest BCUT2D eigenvalue weighted by atomic mass is 16.5. The molecule has 3 rings (SSSR count). The smallest absolute Gasteiger partial charge is 0.337 e. The van der Waals surface area contributed by atoms with E-state index >= 15 is 0 Å². The molecule has 0 spiro atoms. The van der Waals surface area contributed by atoms with Crippen LogP contribution in [0.2, 0.25) is 0 Å². The zero-order valence-corrected chi connectivity index (χ0v) is 14.6. The number of carbonyl (C=O) groups excluding carboxylic acids is 2. The Morgan fingerprint density at radius 1 is 1.33 bits per heavy atom. The molecule has 0 bridgehead atoms. The highest BCUT2D eigenvalue weighted by molar-refractivity contribution is 6.08. The van der Waals surface area contributed by atoms with Crippen molar-refractivity contribution in [3.63, 3.8) is 0 Å². The van der Waals surface area contributed by atoms with Crippen LogP contribution in [0.25, 0.3) is 11.3 Å². The topological polar surface area (TPSA) is 125 Å². The van der Waals surface area contributed by atoms with Crippen LogP contribution < -0.4 is 5.32 Å². The summed E-state index contributed by atoms with van der Waals surface area (Å²) in [5.74, 6) is -0.611. The maximum Gasteiger partial charge on any atom is 0.337 e. The molecule has 2 aromatic rings. The fraction of sp³-hybridized carbons (Fsp3) is 0.278. The first kappa shape index (κ1) is 18.6. The molecule has 9 nitrogen and oxygen atoms in total. The van der Waals surface area contributed by atoms with Gasteiger partial charge in [-0.1, -0.05) is 17.3 Å². The van der Waals surface area contributed by atoms with Crippen LogP contribution in [0.5, 0.6) is 0 Å². The minimum atomic E-state index is -0.595. The quantitative estimate of drug-likeness (QED) is 0.600. The first-order valence-electron chi connectivity index (χ1n) is 8.23. The number of methoxy groups -OCH3 is 1. The lowest BCUT2D eigenvalue weighted by Gasteiger charge is -2.15. The van der Waals surface area contributed by atoms with Crippen molar-refractivity contribution in [3.05, 3.63) is 47.4 Å². The van der Waals surface area contributed by atoms with Crippen molar-refractivity contribution in [1.82, 2.24) is 10.1 Å². The molecule has 2 heterocycles. The fourth-order valence-electron chi connectivity index (χ4n) is 2.74. The Morgan fingerprint density at radius 2 is 2.07 bits per heavy atom. The van der Waals surface area contributed by atoms with Gasteiger partial charge in [0.2, 0.25) is 0 Å². The van der Waals surface area contributed by atoms with Crippen LogP contribution in [0.3, 0.4) is 0 Å². The maximum atomic E-state index is 12.5. The van der Waals surface area contributed by atoms with Gasteiger partial charge in [0.25, 0.3) is 5.91 Å². The van der Waals surface area contributed by atoms with E-state index in [0.717, 1.165) is 5.56 Å². The lowest BCUT2D eigenvalue weighted by molar-refractivity contribution is -0.136. The van der Waals surface area contributed by atoms with Crippen molar-refractivity contribution in [2.75, 3.05) is 32.1 Å². The van der Waals surface area contributed by atoms with Crippen LogP contribution in [0.1, 0.15) is 5.76 Å². The summed E-state index contributed by atoms with van der Waals surface area (Å²) in [6.07, 6.45) is 0. The number of aliphatic hydroxyl groups excluding tert-OH is 2. The van der Waals surface area contributed by atoms with Crippen molar-refractivity contribution >= 4 is 17.6 Å². The van der Waals surface area contributed by atoms with E-state index in [1.807, 2.05) is 0 Å². The molecule has 1 aliphatic heterocycles. The summed E-state index contributed by atoms with van der Waals surface area (Å²) in [5.41, 5.74) is 2.29. The number of nitrogens with one attached hydrogen (secondary N) is 1. The monoisotopic (exact) mass is 373 g/mol. The SMILES string of the molecule is COC(=O)C1=C(Nc2ccc(-c3cc(CO)on3)cc2)C(=O)N(CCO)C1. The molecule has 0 fully saturated rings. The Hall–Kier alpha value is -3.17. The summed E-state index contributed by atoms with van der Waals surface area (Å²) >= 11 is 0. The van der Waals surface area contributed by atoms with Gasteiger partial charge in [-0.15, -0.1) is 0 Å². The second kappa shape index (κ2) is 8.02. The van der Waals surface area contributed by atoms with Crippen LogP contribution in [0.4, 0.5) is 5.69 Å². The molecule has 142 valence electrons. The summed E-state index contributed by atoms with van der Waals surface area (Å²) < 4.78 is 9.71. The molecule has 1 amide bonds. The van der Waals surface area contributed by atoms with Gasteiger partial charge >= 0.3 is 5.97 Å². The van der Waals surface area contributed by atoms with Crippen molar-refractivity contribution in [2.24, 2.45) is 0 Å². The molecule has 1 aromatic carbocycles. The second-order valence-electron chi connectivity index (χ2n) is 5.83. The average Bonchev–Trinajstić information content (AvgIpc) is 3.29. The number of nitrogens with zero attached hydrogens (tertiary/aromatic N) is 2. The summed E-state index contributed by atoms with van der Waals surface area (Å²) in [6.45, 7) is -0.225. The number of β-amino-alcohol motifs (C(OH)–C–C–N with tert-alkyl or cyclic N) is 1. The molecule has 9 heteroatoms. The number of hydrogen-bond donors (Lipinski definition) is 3. The minimum absolute atomic E-state index is 0.0787. The van der Waals surface area contributed by atoms with Crippen molar-refractivity contribution in [3.8, 4) is 11.3 Å². The first-order chi connectivity index (χ1) is 13.1. The zero-order chi connectivity index (χ0) is 19.4. The third-order valence-electron chi connectivity index (χ3n) is 4.12. The Balaban J connectivity index is 1.81. The molecule has 1 aromatic heterocycles. The third kappa shape index (κ3) is 3.83. The van der Waals surface area contributed by atoms with E-state index in [1.165, 1.54) is 12.0 Å². The Bertz CT molecular complexity index is 871. The maximum absolute atomic E-state index is 12.5. The van der Waals surface area contributed by atoms with Gasteiger partial charge in [-0.05, 0) is 12.1 Å². The predicted molar refractivity (Wildman–Crippen MR) is 94.2 cm³/mol. The number of ether oxygens (including phenoxy) is 1. The zero-order valence-electron chi connectivity index (χ0n) is 14.6. The third-order valence-corrected chi connectivity index (χ3v) is 4.12. The van der Waals surface area contributed by atoms with Crippen LogP contribution in [0.15, 0.2) is 46.1 Å². The highest BCUT2D eigenvalue weighted by Gasteiger charge is 2.34. The normalized spacial score (nSPS) is 14.0. The Labute approximate surface area is 154 Å². The highest BCUT2D eigenvalue weighted by Crippen LogP contribution is 2.25. The molecule has 0 atom stereocenters. The molecule has 0 aliphatic carbocycles. The number of amides is 1. The van der Waals surface area contributed by atoms with E-state index < -0.39 is 5.97 Å². The number of anilines is 1. The number of aliphatic hydroxyl groups is 2. The number of carbonyl (C=O) groups is 2. The number of esters is 1. The van der Waals surface area contributed by atoms with Gasteiger partial charge in [0.1, 0.15) is 18.0 Å². The standard InChI is InChI=1S/C18H19N3O6/c1-26-18(25)14-9-21(6-7-22)17(24)16(14)19-12-4-2-11(3-5-12)15-8-13(10-23)27-20-15/h2-5,8,19,22-23H,6-7,9-10H2,1H3. The number of rotatable bonds is 7. The molecule has 0 radical (unpaired) electrons. The van der Waals surface area contributed by atoms with E-state index in [1.54, 1.807) is 30.3 Å². The van der Waals surface area contributed by atoms with E-state index in [-0.39, 0.29) is 43.5 Å². The lowest BCUT2D eigenvalue weighted by atomic mass is 10.1. The van der Waals surface area contributed by atoms with Gasteiger partial charge in [0.05, 0.1) is 25.8 Å². The fourth-order valence-corrected chi connectivity index (χ4v) is 2.74. The summed E-state index contributed by atoms with van der Waals surface area (Å²) in [4.78, 5) is 25.8. The van der Waals surface area contributed by atoms with Crippen LogP contribution in [0, 0.1) is 0 Å². The van der Waals surface area contributed by atoms with E-state index in [4.69, 9.17) is 19.5 Å². The second-order valence-corrected chi connectivity index (χ2v) is 5.83. The van der Waals surface area contributed by atoms with Crippen LogP contribution in [-0.4, -0.2) is 59.0 Å². The van der Waals surface area contributed by atoms with Crippen LogP contribution >= 0.6 is 0 Å². The summed E-state index contributed by atoms with van der Waals surface area (Å²) in [6, 6.07) is 8.63. The molecule has 0 saturated carbocycles. The molecule has 3 N–H and O–H groups in total. The van der Waals surface area contributed by atoms with E-state index in [9.17, 15) is 9.59 Å². The van der Waals surface area contributed by atoms with Gasteiger partial charge in [-0.2, -0.15) is 0 Å². The van der Waals surface area contributed by atoms with Crippen molar-refractivity contribution in [2.45, 2.75) is 6.61 Å². The molecular formula is C18H19N3O6. The Kier molecular flexibility index (Phi) is 5.53. The van der Waals surface area contributed by atoms with E-state index in [0.29, 0.717) is 17.1 Å². The molecule has 1 aliphatic rings. The molecular weight excluding hydrogens is 354 g/mol. The van der Waals surface area contributed by atoms with Gasteiger partial charge in [-0.3, -0.25) is 4.79 Å². The summed E-state index contributed by atoms with van der Waals surface area (Å²) in [7, 11) is 1.25. The van der Waals surface area contributed by atoms with Gasteiger partial charge < -0.3 is 29.7 Å². The Morgan fingerprint density at radius 3 is 2.67 bits per heavy atom. The average molecular weight is 373 g/mol. The molecule has 27 heavy (non-hydrogen) atoms. The van der Waals surface area contributed by atoms with Crippen LogP contribution in [-0.2, 0) is 20.9 Å². The number of benzene rings is 1. The molecule has 0 saturated heterocycles. The van der Waals surface area contributed by atoms with Gasteiger partial charge in [-0.25, -0.2) is 4.79 Å². The van der Waals surface area contributed by atoms with E-state index in [2.05, 4.69) is 10.5 Å². The predicted octanol–water partition coefficient (Wildman–Crippen LogP) is 0.507.